The highest BCUT2D eigenvalue weighted by Gasteiger charge is 2.42. The van der Waals surface area contributed by atoms with Gasteiger partial charge >= 0.3 is 0 Å². The number of carbonyl (C=O) groups excluding carboxylic acids is 1. The molecule has 4 rings (SSSR count). The van der Waals surface area contributed by atoms with Gasteiger partial charge in [0.1, 0.15) is 11.3 Å². The van der Waals surface area contributed by atoms with Crippen molar-refractivity contribution in [3.05, 3.63) is 74.6 Å². The molecule has 6 heteroatoms. The zero-order valence-electron chi connectivity index (χ0n) is 20.1. The Balaban J connectivity index is 1.86. The number of rotatable bonds is 8. The maximum absolute atomic E-state index is 13.7. The van der Waals surface area contributed by atoms with Gasteiger partial charge in [0.25, 0.3) is 5.91 Å². The fourth-order valence-corrected chi connectivity index (χ4v) is 4.40. The standard InChI is InChI=1S/C27H32N2O4/c1-6-13-32-20-10-7-9-19(16-20)24-23-25(30)21-14-17(2)18(3)15-22(21)33-26(23)27(31)29(24)12-8-11-28(4)5/h7,9-10,14-16,24H,6,8,11-13H2,1-5H3/t24-/m0/s1. The van der Waals surface area contributed by atoms with Crippen molar-refractivity contribution in [2.45, 2.75) is 39.7 Å². The Labute approximate surface area is 194 Å². The van der Waals surface area contributed by atoms with Crippen LogP contribution in [-0.2, 0) is 0 Å². The molecule has 1 amide bonds. The molecule has 0 bridgehead atoms. The summed E-state index contributed by atoms with van der Waals surface area (Å²) in [6.07, 6.45) is 1.70. The van der Waals surface area contributed by atoms with Crippen LogP contribution in [0.15, 0.2) is 45.6 Å². The molecule has 1 aliphatic rings. The third-order valence-corrected chi connectivity index (χ3v) is 6.23. The fraction of sp³-hybridized carbons (Fsp3) is 0.407. The van der Waals surface area contributed by atoms with E-state index in [9.17, 15) is 9.59 Å². The van der Waals surface area contributed by atoms with E-state index in [1.54, 1.807) is 4.90 Å². The summed E-state index contributed by atoms with van der Waals surface area (Å²) in [7, 11) is 4.02. The second kappa shape index (κ2) is 9.40. The topological polar surface area (TPSA) is 63.0 Å². The van der Waals surface area contributed by atoms with Gasteiger partial charge in [-0.2, -0.15) is 0 Å². The van der Waals surface area contributed by atoms with E-state index in [4.69, 9.17) is 9.15 Å². The monoisotopic (exact) mass is 448 g/mol. The highest BCUT2D eigenvalue weighted by atomic mass is 16.5. The molecule has 1 atom stereocenters. The predicted molar refractivity (Wildman–Crippen MR) is 130 cm³/mol. The molecule has 0 saturated carbocycles. The molecule has 0 spiro atoms. The molecule has 2 heterocycles. The van der Waals surface area contributed by atoms with Gasteiger partial charge in [-0.15, -0.1) is 0 Å². The van der Waals surface area contributed by atoms with Gasteiger partial charge in [-0.05, 0) is 88.3 Å². The van der Waals surface area contributed by atoms with Crippen LogP contribution in [0.25, 0.3) is 11.0 Å². The van der Waals surface area contributed by atoms with Crippen LogP contribution in [-0.4, -0.2) is 49.5 Å². The molecule has 0 radical (unpaired) electrons. The van der Waals surface area contributed by atoms with Gasteiger partial charge in [0, 0.05) is 6.54 Å². The van der Waals surface area contributed by atoms with E-state index in [1.165, 1.54) is 0 Å². The van der Waals surface area contributed by atoms with Crippen LogP contribution in [0.2, 0.25) is 0 Å². The van der Waals surface area contributed by atoms with Crippen molar-refractivity contribution >= 4 is 16.9 Å². The largest absolute Gasteiger partial charge is 0.494 e. The summed E-state index contributed by atoms with van der Waals surface area (Å²) >= 11 is 0. The Morgan fingerprint density at radius 3 is 2.58 bits per heavy atom. The van der Waals surface area contributed by atoms with Crippen LogP contribution >= 0.6 is 0 Å². The second-order valence-corrected chi connectivity index (χ2v) is 9.09. The fourth-order valence-electron chi connectivity index (χ4n) is 4.40. The molecule has 174 valence electrons. The van der Waals surface area contributed by atoms with Crippen LogP contribution in [0.3, 0.4) is 0 Å². The quantitative estimate of drug-likeness (QED) is 0.500. The van der Waals surface area contributed by atoms with Gasteiger partial charge in [0.05, 0.1) is 23.6 Å². The summed E-state index contributed by atoms with van der Waals surface area (Å²) in [5.74, 6) is 0.663. The van der Waals surface area contributed by atoms with E-state index in [0.717, 1.165) is 41.8 Å². The summed E-state index contributed by atoms with van der Waals surface area (Å²) < 4.78 is 11.9. The predicted octanol–water partition coefficient (Wildman–Crippen LogP) is 4.70. The lowest BCUT2D eigenvalue weighted by Crippen LogP contribution is -2.32. The molecule has 1 aromatic heterocycles. The lowest BCUT2D eigenvalue weighted by atomic mass is 9.97. The molecule has 1 aliphatic heterocycles. The van der Waals surface area contributed by atoms with Crippen LogP contribution < -0.4 is 10.2 Å². The van der Waals surface area contributed by atoms with Crippen molar-refractivity contribution in [2.24, 2.45) is 0 Å². The van der Waals surface area contributed by atoms with Crippen molar-refractivity contribution in [1.82, 2.24) is 9.80 Å². The number of benzene rings is 2. The summed E-state index contributed by atoms with van der Waals surface area (Å²) in [5, 5.41) is 0.517. The Bertz CT molecular complexity index is 1240. The summed E-state index contributed by atoms with van der Waals surface area (Å²) in [6, 6.07) is 10.9. The van der Waals surface area contributed by atoms with E-state index in [0.29, 0.717) is 29.7 Å². The lowest BCUT2D eigenvalue weighted by Gasteiger charge is -2.26. The number of aryl methyl sites for hydroxylation is 2. The van der Waals surface area contributed by atoms with Crippen LogP contribution in [0.4, 0.5) is 0 Å². The Hall–Kier alpha value is -3.12. The average Bonchev–Trinajstić information content (AvgIpc) is 3.06. The number of carbonyl (C=O) groups is 1. The highest BCUT2D eigenvalue weighted by molar-refractivity contribution is 5.99. The van der Waals surface area contributed by atoms with E-state index in [1.807, 2.05) is 64.3 Å². The summed E-state index contributed by atoms with van der Waals surface area (Å²) in [4.78, 5) is 31.1. The number of fused-ring (bicyclic) bond motifs is 2. The van der Waals surface area contributed by atoms with Crippen molar-refractivity contribution in [1.29, 1.82) is 0 Å². The molecule has 0 fully saturated rings. The van der Waals surface area contributed by atoms with Crippen LogP contribution in [0.5, 0.6) is 5.75 Å². The number of hydrogen-bond donors (Lipinski definition) is 0. The Morgan fingerprint density at radius 2 is 1.85 bits per heavy atom. The minimum absolute atomic E-state index is 0.136. The number of ether oxygens (including phenoxy) is 1. The molecule has 0 aliphatic carbocycles. The van der Waals surface area contributed by atoms with Crippen LogP contribution in [0.1, 0.15) is 58.6 Å². The summed E-state index contributed by atoms with van der Waals surface area (Å²) in [5.41, 5.74) is 3.65. The number of amides is 1. The van der Waals surface area contributed by atoms with Crippen molar-refractivity contribution < 1.29 is 13.9 Å². The maximum Gasteiger partial charge on any atom is 0.290 e. The van der Waals surface area contributed by atoms with Gasteiger partial charge < -0.3 is 19.0 Å². The third kappa shape index (κ3) is 4.40. The molecule has 0 unspecified atom stereocenters. The number of nitrogens with zero attached hydrogens (tertiary/aromatic N) is 2. The van der Waals surface area contributed by atoms with Gasteiger partial charge in [-0.3, -0.25) is 9.59 Å². The van der Waals surface area contributed by atoms with Crippen molar-refractivity contribution in [3.8, 4) is 5.75 Å². The zero-order chi connectivity index (χ0) is 23.7. The van der Waals surface area contributed by atoms with Gasteiger partial charge in [0.15, 0.2) is 5.43 Å². The molecule has 0 saturated heterocycles. The van der Waals surface area contributed by atoms with E-state index in [-0.39, 0.29) is 17.1 Å². The average molecular weight is 449 g/mol. The smallest absolute Gasteiger partial charge is 0.290 e. The van der Waals surface area contributed by atoms with Gasteiger partial charge in [-0.25, -0.2) is 0 Å². The third-order valence-electron chi connectivity index (χ3n) is 6.23. The summed E-state index contributed by atoms with van der Waals surface area (Å²) in [6.45, 7) is 7.99. The first kappa shape index (κ1) is 23.1. The minimum Gasteiger partial charge on any atom is -0.494 e. The maximum atomic E-state index is 13.7. The van der Waals surface area contributed by atoms with Crippen LogP contribution in [0, 0.1) is 13.8 Å². The number of hydrogen-bond acceptors (Lipinski definition) is 5. The van der Waals surface area contributed by atoms with Crippen molar-refractivity contribution in [2.75, 3.05) is 33.8 Å². The SMILES string of the molecule is CCCOc1cccc([C@H]2c3c(oc4cc(C)c(C)cc4c3=O)C(=O)N2CCCN(C)C)c1. The molecule has 3 aromatic rings. The lowest BCUT2D eigenvalue weighted by molar-refractivity contribution is 0.0722. The first-order chi connectivity index (χ1) is 15.8. The molecule has 0 N–H and O–H groups in total. The van der Waals surface area contributed by atoms with Crippen molar-refractivity contribution in [3.63, 3.8) is 0 Å². The molecule has 6 nitrogen and oxygen atoms in total. The molecular weight excluding hydrogens is 416 g/mol. The first-order valence-electron chi connectivity index (χ1n) is 11.6. The zero-order valence-corrected chi connectivity index (χ0v) is 20.1. The van der Waals surface area contributed by atoms with Gasteiger partial charge in [0.2, 0.25) is 5.76 Å². The normalized spacial score (nSPS) is 15.5. The van der Waals surface area contributed by atoms with E-state index < -0.39 is 6.04 Å². The molecule has 2 aromatic carbocycles. The Morgan fingerprint density at radius 1 is 1.09 bits per heavy atom. The molecule has 33 heavy (non-hydrogen) atoms. The van der Waals surface area contributed by atoms with Gasteiger partial charge in [-0.1, -0.05) is 19.1 Å². The molecular formula is C27H32N2O4. The minimum atomic E-state index is -0.498. The van der Waals surface area contributed by atoms with E-state index >= 15 is 0 Å². The second-order valence-electron chi connectivity index (χ2n) is 9.09. The highest BCUT2D eigenvalue weighted by Crippen LogP contribution is 2.39. The first-order valence-corrected chi connectivity index (χ1v) is 11.6. The Kier molecular flexibility index (Phi) is 6.56. The van der Waals surface area contributed by atoms with E-state index in [2.05, 4.69) is 11.8 Å².